The third kappa shape index (κ3) is 5.06. The molecule has 1 unspecified atom stereocenters. The van der Waals surface area contributed by atoms with Gasteiger partial charge in [0.2, 0.25) is 5.91 Å². The quantitative estimate of drug-likeness (QED) is 0.741. The van der Waals surface area contributed by atoms with Gasteiger partial charge in [-0.15, -0.1) is 3.89 Å². The van der Waals surface area contributed by atoms with Crippen LogP contribution in [0.5, 0.6) is 0 Å². The maximum atomic E-state index is 12.7. The molecule has 0 N–H and O–H groups in total. The summed E-state index contributed by atoms with van der Waals surface area (Å²) in [6, 6.07) is 7.93. The number of hydrogen-bond donors (Lipinski definition) is 0. The molecule has 0 saturated carbocycles. The van der Waals surface area contributed by atoms with E-state index in [4.69, 9.17) is 0 Å². The third-order valence-corrected chi connectivity index (χ3v) is 4.46. The van der Waals surface area contributed by atoms with Crippen molar-refractivity contribution in [1.82, 2.24) is 9.80 Å². The summed E-state index contributed by atoms with van der Waals surface area (Å²) in [6.07, 6.45) is 0.0978. The van der Waals surface area contributed by atoms with Crippen LogP contribution < -0.4 is 0 Å². The van der Waals surface area contributed by atoms with Crippen molar-refractivity contribution in [2.24, 2.45) is 5.92 Å². The molecule has 1 aliphatic rings. The highest BCUT2D eigenvalue weighted by Gasteiger charge is 2.32. The van der Waals surface area contributed by atoms with Crippen molar-refractivity contribution in [2.75, 3.05) is 26.4 Å². The summed E-state index contributed by atoms with van der Waals surface area (Å²) in [5.41, 5.74) is 2.15. The first kappa shape index (κ1) is 16.9. The normalized spacial score (nSPS) is 19.2. The lowest BCUT2D eigenvalue weighted by Gasteiger charge is -2.17. The SMILES string of the molecule is CN(C)Cc1cccc(CN2CC(CS(=O)(=O)F)CC2=O)c1. The van der Waals surface area contributed by atoms with E-state index in [1.165, 1.54) is 0 Å². The Bertz CT molecular complexity index is 646. The van der Waals surface area contributed by atoms with Gasteiger partial charge in [0.1, 0.15) is 0 Å². The Morgan fingerprint density at radius 2 is 2.00 bits per heavy atom. The molecule has 1 saturated heterocycles. The van der Waals surface area contributed by atoms with Crippen LogP contribution in [-0.2, 0) is 28.1 Å². The van der Waals surface area contributed by atoms with E-state index in [0.717, 1.165) is 17.7 Å². The Morgan fingerprint density at radius 3 is 2.64 bits per heavy atom. The first-order chi connectivity index (χ1) is 10.2. The van der Waals surface area contributed by atoms with Gasteiger partial charge in [-0.25, -0.2) is 0 Å². The van der Waals surface area contributed by atoms with Crippen molar-refractivity contribution in [3.05, 3.63) is 35.4 Å². The third-order valence-electron chi connectivity index (χ3n) is 3.59. The molecule has 0 bridgehead atoms. The molecule has 1 aliphatic heterocycles. The second-order valence-electron chi connectivity index (χ2n) is 6.11. The fourth-order valence-corrected chi connectivity index (χ4v) is 3.60. The van der Waals surface area contributed by atoms with Gasteiger partial charge in [-0.05, 0) is 25.2 Å². The van der Waals surface area contributed by atoms with Crippen LogP contribution >= 0.6 is 0 Å². The first-order valence-electron chi connectivity index (χ1n) is 7.15. The van der Waals surface area contributed by atoms with Gasteiger partial charge in [0.05, 0.1) is 5.75 Å². The van der Waals surface area contributed by atoms with Crippen LogP contribution in [0.25, 0.3) is 0 Å². The summed E-state index contributed by atoms with van der Waals surface area (Å²) in [5, 5.41) is 0. The van der Waals surface area contributed by atoms with E-state index in [0.29, 0.717) is 13.1 Å². The Balaban J connectivity index is 2.00. The van der Waals surface area contributed by atoms with Gasteiger partial charge < -0.3 is 9.80 Å². The number of halogens is 1. The van der Waals surface area contributed by atoms with E-state index in [1.54, 1.807) is 4.90 Å². The van der Waals surface area contributed by atoms with Crippen molar-refractivity contribution >= 4 is 16.1 Å². The Morgan fingerprint density at radius 1 is 1.32 bits per heavy atom. The van der Waals surface area contributed by atoms with Gasteiger partial charge in [-0.1, -0.05) is 24.3 Å². The summed E-state index contributed by atoms with van der Waals surface area (Å²) in [6.45, 7) is 1.54. The van der Waals surface area contributed by atoms with Gasteiger partial charge in [0.25, 0.3) is 0 Å². The molecule has 0 radical (unpaired) electrons. The molecule has 122 valence electrons. The highest BCUT2D eigenvalue weighted by atomic mass is 32.3. The average Bonchev–Trinajstić information content (AvgIpc) is 2.66. The summed E-state index contributed by atoms with van der Waals surface area (Å²) in [4.78, 5) is 15.6. The van der Waals surface area contributed by atoms with Gasteiger partial charge in [-0.3, -0.25) is 4.79 Å². The summed E-state index contributed by atoms with van der Waals surface area (Å²) >= 11 is 0. The largest absolute Gasteiger partial charge is 0.338 e. The van der Waals surface area contributed by atoms with Crippen LogP contribution in [0.1, 0.15) is 17.5 Å². The maximum Gasteiger partial charge on any atom is 0.302 e. The first-order valence-corrected chi connectivity index (χ1v) is 8.71. The topological polar surface area (TPSA) is 57.7 Å². The van der Waals surface area contributed by atoms with E-state index >= 15 is 0 Å². The van der Waals surface area contributed by atoms with Crippen molar-refractivity contribution < 1.29 is 17.1 Å². The number of carbonyl (C=O) groups is 1. The van der Waals surface area contributed by atoms with Crippen molar-refractivity contribution in [2.45, 2.75) is 19.5 Å². The Kier molecular flexibility index (Phi) is 5.18. The lowest BCUT2D eigenvalue weighted by molar-refractivity contribution is -0.128. The van der Waals surface area contributed by atoms with Crippen LogP contribution in [0.2, 0.25) is 0 Å². The van der Waals surface area contributed by atoms with E-state index in [2.05, 4.69) is 4.90 Å². The molecule has 1 aromatic carbocycles. The van der Waals surface area contributed by atoms with E-state index in [9.17, 15) is 17.1 Å². The zero-order valence-corrected chi connectivity index (χ0v) is 13.6. The number of carbonyl (C=O) groups excluding carboxylic acids is 1. The monoisotopic (exact) mass is 328 g/mol. The van der Waals surface area contributed by atoms with Gasteiger partial charge in [-0.2, -0.15) is 8.42 Å². The molecule has 1 aromatic rings. The van der Waals surface area contributed by atoms with Crippen LogP contribution in [0.15, 0.2) is 24.3 Å². The molecule has 0 spiro atoms. The highest BCUT2D eigenvalue weighted by Crippen LogP contribution is 2.22. The maximum absolute atomic E-state index is 12.7. The number of amides is 1. The molecule has 5 nitrogen and oxygen atoms in total. The summed E-state index contributed by atoms with van der Waals surface area (Å²) in [7, 11) is -0.562. The van der Waals surface area contributed by atoms with Gasteiger partial charge in [0.15, 0.2) is 0 Å². The number of rotatable bonds is 6. The zero-order valence-electron chi connectivity index (χ0n) is 12.8. The minimum atomic E-state index is -4.53. The molecule has 1 fully saturated rings. The zero-order chi connectivity index (χ0) is 16.3. The van der Waals surface area contributed by atoms with Crippen molar-refractivity contribution in [3.63, 3.8) is 0 Å². The van der Waals surface area contributed by atoms with Crippen molar-refractivity contribution in [3.8, 4) is 0 Å². The Hall–Kier alpha value is -1.47. The smallest absolute Gasteiger partial charge is 0.302 e. The number of benzene rings is 1. The minimum Gasteiger partial charge on any atom is -0.338 e. The molecule has 1 amide bonds. The lowest BCUT2D eigenvalue weighted by atomic mass is 10.1. The average molecular weight is 328 g/mol. The second kappa shape index (κ2) is 6.75. The molecular formula is C15H21FN2O3S. The lowest BCUT2D eigenvalue weighted by Crippen LogP contribution is -2.25. The standard InChI is InChI=1S/C15H21FN2O3S/c1-17(2)8-12-4-3-5-13(6-12)9-18-10-14(7-15(18)19)11-22(16,20)21/h3-6,14H,7-11H2,1-2H3. The second-order valence-corrected chi connectivity index (χ2v) is 7.52. The molecule has 22 heavy (non-hydrogen) atoms. The van der Waals surface area contributed by atoms with Crippen molar-refractivity contribution in [1.29, 1.82) is 0 Å². The summed E-state index contributed by atoms with van der Waals surface area (Å²) < 4.78 is 34.1. The fourth-order valence-electron chi connectivity index (χ4n) is 2.81. The molecule has 0 aromatic heterocycles. The van der Waals surface area contributed by atoms with Gasteiger partial charge >= 0.3 is 10.2 Å². The fraction of sp³-hybridized carbons (Fsp3) is 0.533. The minimum absolute atomic E-state index is 0.0978. The van der Waals surface area contributed by atoms with Crippen LogP contribution in [0, 0.1) is 5.92 Å². The molecule has 1 atom stereocenters. The van der Waals surface area contributed by atoms with Gasteiger partial charge in [0, 0.05) is 32.0 Å². The molecule has 0 aliphatic carbocycles. The van der Waals surface area contributed by atoms with E-state index < -0.39 is 21.9 Å². The van der Waals surface area contributed by atoms with Crippen LogP contribution in [-0.4, -0.2) is 50.5 Å². The molecule has 2 rings (SSSR count). The van der Waals surface area contributed by atoms with Crippen LogP contribution in [0.4, 0.5) is 3.89 Å². The predicted molar refractivity (Wildman–Crippen MR) is 82.3 cm³/mol. The predicted octanol–water partition coefficient (Wildman–Crippen LogP) is 1.40. The number of nitrogens with zero attached hydrogens (tertiary/aromatic N) is 2. The molecule has 1 heterocycles. The molecular weight excluding hydrogens is 307 g/mol. The highest BCUT2D eigenvalue weighted by molar-refractivity contribution is 7.86. The summed E-state index contributed by atoms with van der Waals surface area (Å²) in [5.74, 6) is -1.14. The number of likely N-dealkylation sites (tertiary alicyclic amines) is 1. The van der Waals surface area contributed by atoms with Crippen LogP contribution in [0.3, 0.4) is 0 Å². The molecule has 7 heteroatoms. The van der Waals surface area contributed by atoms with E-state index in [-0.39, 0.29) is 12.3 Å². The van der Waals surface area contributed by atoms with E-state index in [1.807, 2.05) is 38.4 Å². The number of hydrogen-bond acceptors (Lipinski definition) is 4. The Labute approximate surface area is 130 Å².